The van der Waals surface area contributed by atoms with Gasteiger partial charge < -0.3 is 14.5 Å². The van der Waals surface area contributed by atoms with Crippen molar-refractivity contribution >= 4 is 39.2 Å². The van der Waals surface area contributed by atoms with E-state index in [9.17, 15) is 24.5 Å². The monoisotopic (exact) mass is 424 g/mol. The van der Waals surface area contributed by atoms with E-state index in [1.165, 1.54) is 25.1 Å². The normalized spacial score (nSPS) is 10.3. The zero-order chi connectivity index (χ0) is 19.4. The highest BCUT2D eigenvalue weighted by Crippen LogP contribution is 2.27. The smallest absolute Gasteiger partial charge is 0.342 e. The molecule has 2 aromatic rings. The van der Waals surface area contributed by atoms with Crippen molar-refractivity contribution in [2.75, 3.05) is 11.9 Å². The molecule has 0 fully saturated rings. The number of nitro benzene ring substituents is 1. The van der Waals surface area contributed by atoms with E-state index in [4.69, 9.17) is 9.15 Å². The quantitative estimate of drug-likeness (QED) is 0.443. The van der Waals surface area contributed by atoms with Crippen molar-refractivity contribution in [1.29, 1.82) is 0 Å². The summed E-state index contributed by atoms with van der Waals surface area (Å²) in [4.78, 5) is 45.4. The molecule has 0 saturated heterocycles. The van der Waals surface area contributed by atoms with Crippen LogP contribution in [0.15, 0.2) is 37.9 Å². The summed E-state index contributed by atoms with van der Waals surface area (Å²) in [7, 11) is 0. The van der Waals surface area contributed by atoms with Gasteiger partial charge in [-0.3, -0.25) is 14.9 Å². The molecule has 0 unspecified atom stereocenters. The van der Waals surface area contributed by atoms with Crippen molar-refractivity contribution in [3.8, 4) is 0 Å². The van der Waals surface area contributed by atoms with Gasteiger partial charge in [0.2, 0.25) is 0 Å². The van der Waals surface area contributed by atoms with Crippen LogP contribution in [-0.4, -0.2) is 23.4 Å². The van der Waals surface area contributed by atoms with Crippen molar-refractivity contribution in [1.82, 2.24) is 0 Å². The molecule has 0 saturated carbocycles. The number of rotatable bonds is 5. The van der Waals surface area contributed by atoms with Gasteiger partial charge in [-0.25, -0.2) is 9.59 Å². The Labute approximate surface area is 155 Å². The van der Waals surface area contributed by atoms with Crippen LogP contribution in [0.5, 0.6) is 0 Å². The first-order valence-corrected chi connectivity index (χ1v) is 8.00. The van der Waals surface area contributed by atoms with Gasteiger partial charge >= 0.3 is 11.6 Å². The lowest BCUT2D eigenvalue weighted by Gasteiger charge is -2.10. The second kappa shape index (κ2) is 7.91. The van der Waals surface area contributed by atoms with Crippen molar-refractivity contribution in [2.24, 2.45) is 0 Å². The number of carbonyl (C=O) groups is 2. The van der Waals surface area contributed by atoms with E-state index < -0.39 is 29.0 Å². The third kappa shape index (κ3) is 4.54. The molecule has 1 aromatic carbocycles. The van der Waals surface area contributed by atoms with Crippen molar-refractivity contribution in [3.63, 3.8) is 0 Å². The molecule has 0 aliphatic heterocycles. The standard InChI is InChI=1S/C16H13BrN2O7/c1-8-5-14(21)26-9(2)15(8)16(22)25-7-13(20)18-12-4-3-10(19(23)24)6-11(12)17/h3-6H,7H2,1-2H3,(H,18,20). The fraction of sp³-hybridized carbons (Fsp3) is 0.188. The van der Waals surface area contributed by atoms with E-state index in [2.05, 4.69) is 21.2 Å². The second-order valence-corrected chi connectivity index (χ2v) is 6.08. The van der Waals surface area contributed by atoms with E-state index >= 15 is 0 Å². The number of non-ortho nitro benzene ring substituents is 1. The molecule has 0 bridgehead atoms. The van der Waals surface area contributed by atoms with Crippen molar-refractivity contribution < 1.29 is 23.7 Å². The Morgan fingerprint density at radius 3 is 2.58 bits per heavy atom. The van der Waals surface area contributed by atoms with E-state index in [1.54, 1.807) is 6.92 Å². The Morgan fingerprint density at radius 1 is 1.31 bits per heavy atom. The minimum Gasteiger partial charge on any atom is -0.452 e. The lowest BCUT2D eigenvalue weighted by atomic mass is 10.1. The van der Waals surface area contributed by atoms with E-state index in [1.807, 2.05) is 0 Å². The summed E-state index contributed by atoms with van der Waals surface area (Å²) in [6.07, 6.45) is 0. The number of aryl methyl sites for hydroxylation is 2. The summed E-state index contributed by atoms with van der Waals surface area (Å²) in [5, 5.41) is 13.1. The summed E-state index contributed by atoms with van der Waals surface area (Å²) >= 11 is 3.12. The van der Waals surface area contributed by atoms with Gasteiger partial charge in [-0.05, 0) is 41.4 Å². The second-order valence-electron chi connectivity index (χ2n) is 5.23. The number of hydrogen-bond acceptors (Lipinski definition) is 7. The summed E-state index contributed by atoms with van der Waals surface area (Å²) in [5.74, 6) is -1.35. The van der Waals surface area contributed by atoms with E-state index in [0.717, 1.165) is 6.07 Å². The molecule has 0 spiro atoms. The molecule has 1 amide bonds. The first-order valence-electron chi connectivity index (χ1n) is 7.21. The molecule has 10 heteroatoms. The largest absolute Gasteiger partial charge is 0.452 e. The van der Waals surface area contributed by atoms with Gasteiger partial charge in [0.15, 0.2) is 6.61 Å². The topological polar surface area (TPSA) is 129 Å². The zero-order valence-electron chi connectivity index (χ0n) is 13.7. The van der Waals surface area contributed by atoms with Crippen LogP contribution in [0.3, 0.4) is 0 Å². The van der Waals surface area contributed by atoms with E-state index in [-0.39, 0.29) is 22.7 Å². The van der Waals surface area contributed by atoms with Gasteiger partial charge in [0.05, 0.1) is 10.6 Å². The lowest BCUT2D eigenvalue weighted by Crippen LogP contribution is -2.22. The molecule has 136 valence electrons. The highest BCUT2D eigenvalue weighted by molar-refractivity contribution is 9.10. The Kier molecular flexibility index (Phi) is 5.88. The van der Waals surface area contributed by atoms with Crippen LogP contribution >= 0.6 is 15.9 Å². The zero-order valence-corrected chi connectivity index (χ0v) is 15.3. The first kappa shape index (κ1) is 19.3. The van der Waals surface area contributed by atoms with Gasteiger partial charge in [-0.2, -0.15) is 0 Å². The number of benzene rings is 1. The SMILES string of the molecule is Cc1cc(=O)oc(C)c1C(=O)OCC(=O)Nc1ccc([N+](=O)[O-])cc1Br. The highest BCUT2D eigenvalue weighted by Gasteiger charge is 2.18. The number of nitrogens with one attached hydrogen (secondary N) is 1. The molecular weight excluding hydrogens is 412 g/mol. The maximum atomic E-state index is 12.1. The fourth-order valence-electron chi connectivity index (χ4n) is 2.17. The third-order valence-corrected chi connectivity index (χ3v) is 3.97. The van der Waals surface area contributed by atoms with Crippen LogP contribution in [0, 0.1) is 24.0 Å². The van der Waals surface area contributed by atoms with Gasteiger partial charge in [-0.15, -0.1) is 0 Å². The van der Waals surface area contributed by atoms with Crippen LogP contribution in [-0.2, 0) is 9.53 Å². The Morgan fingerprint density at radius 2 is 2.00 bits per heavy atom. The van der Waals surface area contributed by atoms with Crippen molar-refractivity contribution in [2.45, 2.75) is 13.8 Å². The molecule has 0 aliphatic carbocycles. The summed E-state index contributed by atoms with van der Waals surface area (Å²) in [5.41, 5.74) is 0.0149. The molecule has 0 aliphatic rings. The van der Waals surface area contributed by atoms with Crippen LogP contribution in [0.4, 0.5) is 11.4 Å². The number of halogens is 1. The van der Waals surface area contributed by atoms with Gasteiger partial charge in [0.25, 0.3) is 11.6 Å². The number of hydrogen-bond donors (Lipinski definition) is 1. The minimum absolute atomic E-state index is 0.0777. The third-order valence-electron chi connectivity index (χ3n) is 3.31. The molecule has 1 N–H and O–H groups in total. The maximum Gasteiger partial charge on any atom is 0.342 e. The molecule has 9 nitrogen and oxygen atoms in total. The number of carbonyl (C=O) groups excluding carboxylic acids is 2. The average molecular weight is 425 g/mol. The Hall–Kier alpha value is -3.01. The van der Waals surface area contributed by atoms with Gasteiger partial charge in [0.1, 0.15) is 11.3 Å². The summed E-state index contributed by atoms with van der Waals surface area (Å²) in [6.45, 7) is 2.41. The Balaban J connectivity index is 2.02. The number of anilines is 1. The number of ether oxygens (including phenoxy) is 1. The predicted molar refractivity (Wildman–Crippen MR) is 94.2 cm³/mol. The predicted octanol–water partition coefficient (Wildman–Crippen LogP) is 2.72. The van der Waals surface area contributed by atoms with Crippen LogP contribution in [0.2, 0.25) is 0 Å². The highest BCUT2D eigenvalue weighted by atomic mass is 79.9. The molecular formula is C16H13BrN2O7. The molecule has 26 heavy (non-hydrogen) atoms. The number of esters is 1. The molecule has 0 radical (unpaired) electrons. The summed E-state index contributed by atoms with van der Waals surface area (Å²) < 4.78 is 10.1. The number of nitrogens with zero attached hydrogens (tertiary/aromatic N) is 1. The first-order chi connectivity index (χ1) is 12.2. The average Bonchev–Trinajstić information content (AvgIpc) is 2.53. The van der Waals surface area contributed by atoms with Crippen molar-refractivity contribution in [3.05, 3.63) is 66.2 Å². The Bertz CT molecular complexity index is 926. The van der Waals surface area contributed by atoms with Crippen LogP contribution < -0.4 is 10.9 Å². The molecule has 2 rings (SSSR count). The molecule has 1 aromatic heterocycles. The fourth-order valence-corrected chi connectivity index (χ4v) is 2.64. The number of nitro groups is 1. The molecule has 1 heterocycles. The molecule has 0 atom stereocenters. The van der Waals surface area contributed by atoms with Crippen LogP contribution in [0.25, 0.3) is 0 Å². The van der Waals surface area contributed by atoms with Gasteiger partial charge in [0, 0.05) is 22.7 Å². The van der Waals surface area contributed by atoms with E-state index in [0.29, 0.717) is 10.0 Å². The lowest BCUT2D eigenvalue weighted by molar-refractivity contribution is -0.384. The van der Waals surface area contributed by atoms with Crippen LogP contribution in [0.1, 0.15) is 21.7 Å². The summed E-state index contributed by atoms with van der Waals surface area (Å²) in [6, 6.07) is 4.96. The maximum absolute atomic E-state index is 12.1. The van der Waals surface area contributed by atoms with Gasteiger partial charge in [-0.1, -0.05) is 0 Å². The minimum atomic E-state index is -0.804. The number of amides is 1.